The van der Waals surface area contributed by atoms with Crippen molar-refractivity contribution in [2.45, 2.75) is 38.8 Å². The van der Waals surface area contributed by atoms with Crippen molar-refractivity contribution in [2.75, 3.05) is 11.9 Å². The third-order valence-corrected chi connectivity index (χ3v) is 5.49. The van der Waals surface area contributed by atoms with Crippen molar-refractivity contribution in [2.24, 2.45) is 0 Å². The van der Waals surface area contributed by atoms with Gasteiger partial charge in [0.05, 0.1) is 12.2 Å². The van der Waals surface area contributed by atoms with Gasteiger partial charge in [-0.1, -0.05) is 55.5 Å². The summed E-state index contributed by atoms with van der Waals surface area (Å²) in [6.45, 7) is 3.70. The number of hydrogen-bond acceptors (Lipinski definition) is 6. The number of carbonyl (C=O) groups is 4. The zero-order chi connectivity index (χ0) is 26.6. The third kappa shape index (κ3) is 8.03. The number of benzene rings is 3. The minimum atomic E-state index is -1.08. The Kier molecular flexibility index (Phi) is 9.96. The first-order chi connectivity index (χ1) is 17.9. The van der Waals surface area contributed by atoms with E-state index in [9.17, 15) is 19.2 Å². The lowest BCUT2D eigenvalue weighted by Crippen LogP contribution is -2.46. The van der Waals surface area contributed by atoms with E-state index in [0.29, 0.717) is 16.8 Å². The third-order valence-electron chi connectivity index (χ3n) is 5.49. The molecule has 37 heavy (non-hydrogen) atoms. The number of nitrogens with one attached hydrogen (secondary N) is 2. The van der Waals surface area contributed by atoms with E-state index in [1.165, 1.54) is 12.1 Å². The topological polar surface area (TPSA) is 111 Å². The van der Waals surface area contributed by atoms with E-state index in [1.807, 2.05) is 30.3 Å². The van der Waals surface area contributed by atoms with Crippen LogP contribution in [0, 0.1) is 0 Å². The van der Waals surface area contributed by atoms with Crippen LogP contribution in [0.4, 0.5) is 5.69 Å². The standard InChI is InChI=1S/C29H30N2O6/c1-3-25(27(33)30-23-17-15-22(16-18-23)28(34)36-4-2)37-29(35)24(19-20-11-7-5-8-12-20)31-26(32)21-13-9-6-10-14-21/h5-18,24-25H,3-4,19H2,1-2H3,(H,30,33)(H,31,32). The molecule has 2 unspecified atom stereocenters. The summed E-state index contributed by atoms with van der Waals surface area (Å²) in [4.78, 5) is 50.6. The highest BCUT2D eigenvalue weighted by molar-refractivity contribution is 5.98. The van der Waals surface area contributed by atoms with Crippen LogP contribution >= 0.6 is 0 Å². The molecule has 0 fully saturated rings. The van der Waals surface area contributed by atoms with Crippen molar-refractivity contribution >= 4 is 29.4 Å². The second-order valence-corrected chi connectivity index (χ2v) is 8.20. The second kappa shape index (κ2) is 13.6. The van der Waals surface area contributed by atoms with Crippen LogP contribution in [0.3, 0.4) is 0 Å². The first kappa shape index (κ1) is 27.1. The molecule has 3 aromatic rings. The second-order valence-electron chi connectivity index (χ2n) is 8.20. The van der Waals surface area contributed by atoms with E-state index in [2.05, 4.69) is 10.6 Å². The molecule has 8 heteroatoms. The van der Waals surface area contributed by atoms with Gasteiger partial charge in [-0.05, 0) is 55.3 Å². The summed E-state index contributed by atoms with van der Waals surface area (Å²) in [6, 6.07) is 23.0. The molecule has 0 radical (unpaired) electrons. The van der Waals surface area contributed by atoms with Gasteiger partial charge in [0, 0.05) is 17.7 Å². The van der Waals surface area contributed by atoms with Crippen LogP contribution in [-0.2, 0) is 25.5 Å². The van der Waals surface area contributed by atoms with Crippen LogP contribution in [0.15, 0.2) is 84.9 Å². The number of esters is 2. The van der Waals surface area contributed by atoms with Crippen LogP contribution in [0.2, 0.25) is 0 Å². The summed E-state index contributed by atoms with van der Waals surface area (Å²) in [6.07, 6.45) is -0.654. The molecule has 0 heterocycles. The highest BCUT2D eigenvalue weighted by Gasteiger charge is 2.28. The van der Waals surface area contributed by atoms with E-state index in [4.69, 9.17) is 9.47 Å². The number of hydrogen-bond donors (Lipinski definition) is 2. The van der Waals surface area contributed by atoms with Crippen molar-refractivity contribution in [1.29, 1.82) is 0 Å². The summed E-state index contributed by atoms with van der Waals surface area (Å²) < 4.78 is 10.5. The molecule has 3 aromatic carbocycles. The lowest BCUT2D eigenvalue weighted by atomic mass is 10.1. The Balaban J connectivity index is 1.69. The molecular formula is C29H30N2O6. The molecule has 8 nitrogen and oxygen atoms in total. The zero-order valence-corrected chi connectivity index (χ0v) is 20.8. The zero-order valence-electron chi connectivity index (χ0n) is 20.8. The maximum Gasteiger partial charge on any atom is 0.338 e. The quantitative estimate of drug-likeness (QED) is 0.381. The van der Waals surface area contributed by atoms with E-state index < -0.39 is 35.9 Å². The molecule has 2 N–H and O–H groups in total. The Hall–Kier alpha value is -4.46. The van der Waals surface area contributed by atoms with Gasteiger partial charge in [0.25, 0.3) is 11.8 Å². The number of rotatable bonds is 11. The summed E-state index contributed by atoms with van der Waals surface area (Å²) in [5.74, 6) is -2.11. The number of ether oxygens (including phenoxy) is 2. The van der Waals surface area contributed by atoms with Crippen molar-refractivity contribution in [1.82, 2.24) is 5.32 Å². The van der Waals surface area contributed by atoms with Crippen LogP contribution in [-0.4, -0.2) is 42.5 Å². The SMILES string of the molecule is CCOC(=O)c1ccc(NC(=O)C(CC)OC(=O)C(Cc2ccccc2)NC(=O)c2ccccc2)cc1. The molecule has 0 aliphatic rings. The fourth-order valence-corrected chi connectivity index (χ4v) is 3.55. The van der Waals surface area contributed by atoms with E-state index in [1.54, 1.807) is 56.3 Å². The molecule has 3 rings (SSSR count). The minimum absolute atomic E-state index is 0.200. The average molecular weight is 503 g/mol. The Morgan fingerprint density at radius 2 is 1.41 bits per heavy atom. The highest BCUT2D eigenvalue weighted by Crippen LogP contribution is 2.14. The van der Waals surface area contributed by atoms with Crippen molar-refractivity contribution < 1.29 is 28.7 Å². The number of amides is 2. The lowest BCUT2D eigenvalue weighted by Gasteiger charge is -2.22. The smallest absolute Gasteiger partial charge is 0.338 e. The Labute approximate surface area is 216 Å². The van der Waals surface area contributed by atoms with Gasteiger partial charge in [-0.25, -0.2) is 9.59 Å². The molecule has 0 aromatic heterocycles. The fraction of sp³-hybridized carbons (Fsp3) is 0.241. The summed E-state index contributed by atoms with van der Waals surface area (Å²) >= 11 is 0. The molecule has 0 spiro atoms. The highest BCUT2D eigenvalue weighted by atomic mass is 16.5. The van der Waals surface area contributed by atoms with E-state index in [-0.39, 0.29) is 19.4 Å². The summed E-state index contributed by atoms with van der Waals surface area (Å²) in [5.41, 5.74) is 2.03. The predicted molar refractivity (Wildman–Crippen MR) is 139 cm³/mol. The normalized spacial score (nSPS) is 12.1. The van der Waals surface area contributed by atoms with Crippen molar-refractivity contribution in [3.05, 3.63) is 102 Å². The maximum atomic E-state index is 13.2. The maximum absolute atomic E-state index is 13.2. The van der Waals surface area contributed by atoms with Crippen LogP contribution < -0.4 is 10.6 Å². The molecule has 0 saturated carbocycles. The monoisotopic (exact) mass is 502 g/mol. The number of carbonyl (C=O) groups excluding carboxylic acids is 4. The van der Waals surface area contributed by atoms with Crippen molar-refractivity contribution in [3.63, 3.8) is 0 Å². The first-order valence-corrected chi connectivity index (χ1v) is 12.1. The molecule has 0 aliphatic heterocycles. The van der Waals surface area contributed by atoms with Crippen LogP contribution in [0.1, 0.15) is 46.5 Å². The molecule has 192 valence electrons. The van der Waals surface area contributed by atoms with Gasteiger partial charge in [0.1, 0.15) is 6.04 Å². The van der Waals surface area contributed by atoms with Crippen LogP contribution in [0.5, 0.6) is 0 Å². The van der Waals surface area contributed by atoms with Crippen molar-refractivity contribution in [3.8, 4) is 0 Å². The van der Waals surface area contributed by atoms with Gasteiger partial charge in [-0.3, -0.25) is 9.59 Å². The fourth-order valence-electron chi connectivity index (χ4n) is 3.55. The lowest BCUT2D eigenvalue weighted by molar-refractivity contribution is -0.156. The molecule has 0 saturated heterocycles. The number of anilines is 1. The average Bonchev–Trinajstić information content (AvgIpc) is 2.92. The Bertz CT molecular complexity index is 1200. The van der Waals surface area contributed by atoms with Gasteiger partial charge in [-0.2, -0.15) is 0 Å². The molecule has 0 aliphatic carbocycles. The largest absolute Gasteiger partial charge is 0.462 e. The van der Waals surface area contributed by atoms with E-state index >= 15 is 0 Å². The minimum Gasteiger partial charge on any atom is -0.462 e. The summed E-state index contributed by atoms with van der Waals surface area (Å²) in [5, 5.41) is 5.43. The molecule has 2 atom stereocenters. The van der Waals surface area contributed by atoms with Gasteiger partial charge in [-0.15, -0.1) is 0 Å². The first-order valence-electron chi connectivity index (χ1n) is 12.1. The molecule has 2 amide bonds. The molecule has 0 bridgehead atoms. The van der Waals surface area contributed by atoms with Gasteiger partial charge in [0.15, 0.2) is 6.10 Å². The predicted octanol–water partition coefficient (Wildman–Crippen LogP) is 4.16. The van der Waals surface area contributed by atoms with E-state index in [0.717, 1.165) is 5.56 Å². The summed E-state index contributed by atoms with van der Waals surface area (Å²) in [7, 11) is 0. The Morgan fingerprint density at radius 1 is 0.784 bits per heavy atom. The Morgan fingerprint density at radius 3 is 2.00 bits per heavy atom. The molecular weight excluding hydrogens is 472 g/mol. The van der Waals surface area contributed by atoms with Gasteiger partial charge < -0.3 is 20.1 Å². The van der Waals surface area contributed by atoms with Crippen LogP contribution in [0.25, 0.3) is 0 Å². The van der Waals surface area contributed by atoms with Gasteiger partial charge in [0.2, 0.25) is 0 Å². The van der Waals surface area contributed by atoms with Gasteiger partial charge >= 0.3 is 11.9 Å².